The van der Waals surface area contributed by atoms with Crippen LogP contribution in [0.5, 0.6) is 0 Å². The molecule has 1 aliphatic heterocycles. The van der Waals surface area contributed by atoms with Crippen molar-refractivity contribution < 1.29 is 29.0 Å². The number of aliphatic hydroxyl groups excluding tert-OH is 1. The van der Waals surface area contributed by atoms with E-state index < -0.39 is 30.4 Å². The van der Waals surface area contributed by atoms with Crippen molar-refractivity contribution in [2.24, 2.45) is 11.8 Å². The monoisotopic (exact) mass is 583 g/mol. The van der Waals surface area contributed by atoms with Gasteiger partial charge < -0.3 is 30.5 Å². The van der Waals surface area contributed by atoms with Gasteiger partial charge in [-0.05, 0) is 36.3 Å². The zero-order valence-electron chi connectivity index (χ0n) is 25.0. The van der Waals surface area contributed by atoms with Gasteiger partial charge in [0.1, 0.15) is 19.3 Å². The van der Waals surface area contributed by atoms with Crippen LogP contribution in [0.4, 0.5) is 9.59 Å². The minimum atomic E-state index is -0.817. The number of likely N-dealkylation sites (tertiary alicyclic amines) is 1. The van der Waals surface area contributed by atoms with Crippen LogP contribution in [0.2, 0.25) is 0 Å². The number of hydrogen-bond acceptors (Lipinski definition) is 8. The normalized spacial score (nSPS) is 18.4. The number of aliphatic hydroxyl groups is 1. The van der Waals surface area contributed by atoms with Gasteiger partial charge in [0.2, 0.25) is 5.91 Å². The molecule has 0 radical (unpaired) electrons. The molecule has 0 bridgehead atoms. The lowest BCUT2D eigenvalue weighted by Crippen LogP contribution is -2.53. The number of carbonyl (C=O) groups is 3. The van der Waals surface area contributed by atoms with Crippen LogP contribution in [0, 0.1) is 11.8 Å². The maximum atomic E-state index is 13.2. The summed E-state index contributed by atoms with van der Waals surface area (Å²) in [4.78, 5) is 44.2. The van der Waals surface area contributed by atoms with Crippen molar-refractivity contribution in [1.82, 2.24) is 25.8 Å². The van der Waals surface area contributed by atoms with E-state index >= 15 is 0 Å². The van der Waals surface area contributed by atoms with Crippen LogP contribution < -0.4 is 16.0 Å². The standard InChI is InChI=1S/C31H45N5O6/c1-21(2)13-25(33-30(39)41-19-23-9-6-5-7-10-23)16-36-17-27(28(37)18-36)34-29(38)26(14-22(3)4)35-31(40)42-20-24-11-8-12-32-15-24/h5-12,15,21-22,25-28,37H,13-14,16-20H2,1-4H3,(H,33,39)(H,34,38)(H,35,40)/t25-,26-,27?,28?/m0/s1. The average Bonchev–Trinajstić information content (AvgIpc) is 3.28. The third-order valence-electron chi connectivity index (χ3n) is 6.87. The molecule has 11 nitrogen and oxygen atoms in total. The van der Waals surface area contributed by atoms with Crippen LogP contribution in [-0.4, -0.2) is 76.9 Å². The number of rotatable bonds is 14. The molecule has 2 heterocycles. The molecule has 4 atom stereocenters. The Morgan fingerprint density at radius 3 is 2.19 bits per heavy atom. The van der Waals surface area contributed by atoms with E-state index in [0.717, 1.165) is 17.5 Å². The number of nitrogens with one attached hydrogen (secondary N) is 3. The molecule has 1 aromatic carbocycles. The number of carbonyl (C=O) groups excluding carboxylic acids is 3. The summed E-state index contributed by atoms with van der Waals surface area (Å²) in [5, 5.41) is 19.3. The van der Waals surface area contributed by atoms with Gasteiger partial charge >= 0.3 is 12.2 Å². The molecule has 3 rings (SSSR count). The largest absolute Gasteiger partial charge is 0.445 e. The van der Waals surface area contributed by atoms with Crippen LogP contribution in [0.1, 0.15) is 51.7 Å². The Hall–Kier alpha value is -3.70. The van der Waals surface area contributed by atoms with Crippen molar-refractivity contribution in [1.29, 1.82) is 0 Å². The molecule has 1 aliphatic rings. The molecule has 4 N–H and O–H groups in total. The Kier molecular flexibility index (Phi) is 13.0. The lowest BCUT2D eigenvalue weighted by atomic mass is 10.0. The van der Waals surface area contributed by atoms with Gasteiger partial charge in [0.05, 0.1) is 12.1 Å². The van der Waals surface area contributed by atoms with Gasteiger partial charge in [0.15, 0.2) is 0 Å². The van der Waals surface area contributed by atoms with Crippen molar-refractivity contribution in [3.05, 3.63) is 66.0 Å². The van der Waals surface area contributed by atoms with Gasteiger partial charge in [0.25, 0.3) is 0 Å². The number of ether oxygens (including phenoxy) is 2. The van der Waals surface area contributed by atoms with Gasteiger partial charge in [-0.2, -0.15) is 0 Å². The Labute approximate surface area is 248 Å². The first-order valence-corrected chi connectivity index (χ1v) is 14.6. The fraction of sp³-hybridized carbons (Fsp3) is 0.548. The summed E-state index contributed by atoms with van der Waals surface area (Å²) in [6.07, 6.45) is 2.39. The SMILES string of the molecule is CC(C)C[C@@H](CN1CC(O)C(NC(=O)[C@H](CC(C)C)NC(=O)OCc2cccnc2)C1)NC(=O)OCc1ccccc1. The van der Waals surface area contributed by atoms with E-state index in [9.17, 15) is 19.5 Å². The summed E-state index contributed by atoms with van der Waals surface area (Å²) in [6, 6.07) is 11.5. The van der Waals surface area contributed by atoms with Gasteiger partial charge in [-0.1, -0.05) is 64.1 Å². The molecule has 0 spiro atoms. The highest BCUT2D eigenvalue weighted by Crippen LogP contribution is 2.15. The number of alkyl carbamates (subject to hydrolysis) is 2. The first-order chi connectivity index (χ1) is 20.1. The number of benzene rings is 1. The van der Waals surface area contributed by atoms with Crippen molar-refractivity contribution in [2.75, 3.05) is 19.6 Å². The second-order valence-electron chi connectivity index (χ2n) is 11.7. The van der Waals surface area contributed by atoms with Gasteiger partial charge in [-0.3, -0.25) is 14.7 Å². The minimum absolute atomic E-state index is 0.0391. The van der Waals surface area contributed by atoms with Gasteiger partial charge in [-0.15, -0.1) is 0 Å². The zero-order chi connectivity index (χ0) is 30.5. The first-order valence-electron chi connectivity index (χ1n) is 14.6. The molecule has 230 valence electrons. The Morgan fingerprint density at radius 1 is 0.905 bits per heavy atom. The highest BCUT2D eigenvalue weighted by atomic mass is 16.6. The van der Waals surface area contributed by atoms with Crippen molar-refractivity contribution in [2.45, 2.75) is 78.0 Å². The van der Waals surface area contributed by atoms with Gasteiger partial charge in [-0.25, -0.2) is 9.59 Å². The molecule has 3 amide bonds. The molecule has 1 aromatic heterocycles. The predicted molar refractivity (Wildman–Crippen MR) is 158 cm³/mol. The summed E-state index contributed by atoms with van der Waals surface area (Å²) in [6.45, 7) is 9.54. The van der Waals surface area contributed by atoms with E-state index in [-0.39, 0.29) is 31.1 Å². The molecule has 42 heavy (non-hydrogen) atoms. The Bertz CT molecular complexity index is 1120. The first kappa shape index (κ1) is 32.8. The van der Waals surface area contributed by atoms with Crippen LogP contribution in [0.25, 0.3) is 0 Å². The molecular formula is C31H45N5O6. The van der Waals surface area contributed by atoms with Crippen LogP contribution in [-0.2, 0) is 27.5 Å². The highest BCUT2D eigenvalue weighted by Gasteiger charge is 2.35. The van der Waals surface area contributed by atoms with Crippen molar-refractivity contribution in [3.63, 3.8) is 0 Å². The number of β-amino-alcohol motifs (C(OH)–C–C–N with tert-alkyl or cyclic N) is 1. The second kappa shape index (κ2) is 16.7. The van der Waals surface area contributed by atoms with E-state index in [1.165, 1.54) is 0 Å². The fourth-order valence-corrected chi connectivity index (χ4v) is 4.95. The number of nitrogens with zero attached hydrogens (tertiary/aromatic N) is 2. The van der Waals surface area contributed by atoms with Gasteiger partial charge in [0, 0.05) is 43.6 Å². The van der Waals surface area contributed by atoms with Crippen LogP contribution >= 0.6 is 0 Å². The minimum Gasteiger partial charge on any atom is -0.445 e. The molecule has 2 unspecified atom stereocenters. The molecule has 1 fully saturated rings. The number of pyridine rings is 1. The van der Waals surface area contributed by atoms with E-state index in [0.29, 0.717) is 32.0 Å². The molecule has 1 saturated heterocycles. The maximum Gasteiger partial charge on any atom is 0.408 e. The van der Waals surface area contributed by atoms with Crippen molar-refractivity contribution >= 4 is 18.1 Å². The summed E-state index contributed by atoms with van der Waals surface area (Å²) in [5.41, 5.74) is 1.64. The molecule has 2 aromatic rings. The maximum absolute atomic E-state index is 13.2. The lowest BCUT2D eigenvalue weighted by molar-refractivity contribution is -0.124. The second-order valence-corrected chi connectivity index (χ2v) is 11.7. The number of amides is 3. The molecule has 0 aliphatic carbocycles. The van der Waals surface area contributed by atoms with Crippen molar-refractivity contribution in [3.8, 4) is 0 Å². The molecular weight excluding hydrogens is 538 g/mol. The van der Waals surface area contributed by atoms with E-state index in [1.54, 1.807) is 24.5 Å². The third-order valence-corrected chi connectivity index (χ3v) is 6.87. The smallest absolute Gasteiger partial charge is 0.408 e. The van der Waals surface area contributed by atoms with E-state index in [2.05, 4.69) is 34.8 Å². The molecule has 11 heteroatoms. The Balaban J connectivity index is 1.51. The highest BCUT2D eigenvalue weighted by molar-refractivity contribution is 5.86. The predicted octanol–water partition coefficient (Wildman–Crippen LogP) is 3.22. The third kappa shape index (κ3) is 11.7. The Morgan fingerprint density at radius 2 is 1.55 bits per heavy atom. The number of aromatic nitrogens is 1. The topological polar surface area (TPSA) is 142 Å². The van der Waals surface area contributed by atoms with Crippen LogP contribution in [0.3, 0.4) is 0 Å². The number of hydrogen-bond donors (Lipinski definition) is 4. The molecule has 0 saturated carbocycles. The summed E-state index contributed by atoms with van der Waals surface area (Å²) in [7, 11) is 0. The lowest BCUT2D eigenvalue weighted by Gasteiger charge is -2.26. The van der Waals surface area contributed by atoms with E-state index in [4.69, 9.17) is 9.47 Å². The summed E-state index contributed by atoms with van der Waals surface area (Å²) in [5.74, 6) is 0.0800. The van der Waals surface area contributed by atoms with E-state index in [1.807, 2.05) is 49.1 Å². The average molecular weight is 584 g/mol. The zero-order valence-corrected chi connectivity index (χ0v) is 25.0. The fourth-order valence-electron chi connectivity index (χ4n) is 4.95. The summed E-state index contributed by atoms with van der Waals surface area (Å²) >= 11 is 0. The van der Waals surface area contributed by atoms with Crippen LogP contribution in [0.15, 0.2) is 54.9 Å². The quantitative estimate of drug-likeness (QED) is 0.266. The summed E-state index contributed by atoms with van der Waals surface area (Å²) < 4.78 is 10.7.